The van der Waals surface area contributed by atoms with Crippen LogP contribution in [0.4, 0.5) is 14.9 Å². The second-order valence-corrected chi connectivity index (χ2v) is 3.75. The molecule has 0 radical (unpaired) electrons. The van der Waals surface area contributed by atoms with Crippen LogP contribution in [0.2, 0.25) is 5.02 Å². The minimum Gasteiger partial charge on any atom is -0.480 e. The van der Waals surface area contributed by atoms with E-state index in [1.54, 1.807) is 0 Å². The molecule has 92 valence electrons. The lowest BCUT2D eigenvalue weighted by atomic mass is 10.3. The molecule has 5 nitrogen and oxygen atoms in total. The van der Waals surface area contributed by atoms with Gasteiger partial charge in [0.15, 0.2) is 0 Å². The lowest BCUT2D eigenvalue weighted by Gasteiger charge is -2.10. The maximum absolute atomic E-state index is 12.9. The van der Waals surface area contributed by atoms with E-state index in [2.05, 4.69) is 10.6 Å². The van der Waals surface area contributed by atoms with E-state index in [4.69, 9.17) is 16.7 Å². The fraction of sp³-hybridized carbons (Fsp3) is 0.200. The molecular formula is C10H10ClFN2O3. The van der Waals surface area contributed by atoms with Crippen LogP contribution in [-0.2, 0) is 4.79 Å². The topological polar surface area (TPSA) is 78.4 Å². The van der Waals surface area contributed by atoms with E-state index in [-0.39, 0.29) is 10.7 Å². The molecule has 17 heavy (non-hydrogen) atoms. The minimum atomic E-state index is -1.17. The molecule has 1 atom stereocenters. The van der Waals surface area contributed by atoms with E-state index >= 15 is 0 Å². The Morgan fingerprint density at radius 1 is 1.41 bits per heavy atom. The zero-order valence-corrected chi connectivity index (χ0v) is 9.58. The largest absolute Gasteiger partial charge is 0.480 e. The van der Waals surface area contributed by atoms with Crippen LogP contribution >= 0.6 is 11.6 Å². The number of carboxylic acids is 1. The molecule has 1 rings (SSSR count). The van der Waals surface area contributed by atoms with Crippen LogP contribution in [0.3, 0.4) is 0 Å². The van der Waals surface area contributed by atoms with E-state index in [0.29, 0.717) is 0 Å². The Bertz CT molecular complexity index is 433. The zero-order chi connectivity index (χ0) is 13.0. The molecule has 0 aromatic heterocycles. The molecule has 0 aliphatic carbocycles. The second-order valence-electron chi connectivity index (χ2n) is 3.32. The smallest absolute Gasteiger partial charge is 0.325 e. The first-order valence-corrected chi connectivity index (χ1v) is 5.02. The number of hydrogen-bond acceptors (Lipinski definition) is 2. The molecule has 0 spiro atoms. The molecule has 0 fully saturated rings. The molecule has 0 aliphatic rings. The molecule has 0 aliphatic heterocycles. The van der Waals surface area contributed by atoms with E-state index in [1.807, 2.05) is 0 Å². The van der Waals surface area contributed by atoms with Crippen molar-refractivity contribution in [3.63, 3.8) is 0 Å². The number of nitrogens with one attached hydrogen (secondary N) is 2. The summed E-state index contributed by atoms with van der Waals surface area (Å²) in [7, 11) is 0. The predicted molar refractivity (Wildman–Crippen MR) is 60.7 cm³/mol. The van der Waals surface area contributed by atoms with Crippen molar-refractivity contribution >= 4 is 29.3 Å². The third-order valence-electron chi connectivity index (χ3n) is 1.84. The molecule has 0 bridgehead atoms. The molecule has 7 heteroatoms. The van der Waals surface area contributed by atoms with Crippen LogP contribution < -0.4 is 10.6 Å². The highest BCUT2D eigenvalue weighted by atomic mass is 35.5. The highest BCUT2D eigenvalue weighted by molar-refractivity contribution is 6.30. The fourth-order valence-corrected chi connectivity index (χ4v) is 1.27. The van der Waals surface area contributed by atoms with Crippen LogP contribution in [0.5, 0.6) is 0 Å². The van der Waals surface area contributed by atoms with Gasteiger partial charge >= 0.3 is 12.0 Å². The van der Waals surface area contributed by atoms with Gasteiger partial charge in [-0.3, -0.25) is 4.79 Å². The number of aliphatic carboxylic acids is 1. The molecule has 2 amide bonds. The Balaban J connectivity index is 2.65. The van der Waals surface area contributed by atoms with Crippen molar-refractivity contribution in [1.29, 1.82) is 0 Å². The van der Waals surface area contributed by atoms with Gasteiger partial charge in [-0.25, -0.2) is 9.18 Å². The van der Waals surface area contributed by atoms with Crippen molar-refractivity contribution in [2.75, 3.05) is 5.32 Å². The van der Waals surface area contributed by atoms with Gasteiger partial charge in [0, 0.05) is 10.7 Å². The Kier molecular flexibility index (Phi) is 4.28. The van der Waals surface area contributed by atoms with Crippen LogP contribution in [-0.4, -0.2) is 23.1 Å². The molecule has 1 aromatic carbocycles. The van der Waals surface area contributed by atoms with Gasteiger partial charge in [0.05, 0.1) is 0 Å². The average Bonchev–Trinajstić information content (AvgIpc) is 2.14. The number of urea groups is 1. The normalized spacial score (nSPS) is 11.7. The van der Waals surface area contributed by atoms with Gasteiger partial charge in [0.1, 0.15) is 11.9 Å². The van der Waals surface area contributed by atoms with Crippen molar-refractivity contribution < 1.29 is 19.1 Å². The molecule has 0 heterocycles. The number of carbonyl (C=O) groups excluding carboxylic acids is 1. The number of anilines is 1. The van der Waals surface area contributed by atoms with Crippen molar-refractivity contribution in [2.45, 2.75) is 13.0 Å². The van der Waals surface area contributed by atoms with Gasteiger partial charge in [-0.2, -0.15) is 0 Å². The summed E-state index contributed by atoms with van der Waals surface area (Å²) in [5.74, 6) is -1.77. The first kappa shape index (κ1) is 13.2. The lowest BCUT2D eigenvalue weighted by Crippen LogP contribution is -2.40. The van der Waals surface area contributed by atoms with Crippen molar-refractivity contribution in [3.05, 3.63) is 29.0 Å². The average molecular weight is 261 g/mol. The number of carbonyl (C=O) groups is 2. The van der Waals surface area contributed by atoms with Crippen LogP contribution in [0.15, 0.2) is 18.2 Å². The van der Waals surface area contributed by atoms with Crippen LogP contribution in [0.25, 0.3) is 0 Å². The van der Waals surface area contributed by atoms with Crippen LogP contribution in [0, 0.1) is 5.82 Å². The molecule has 1 unspecified atom stereocenters. The standard InChI is InChI=1S/C10H10ClFN2O3/c1-5(9(15)16)13-10(17)14-8-3-6(11)2-7(12)4-8/h2-5H,1H3,(H,15,16)(H2,13,14,17). The molecular weight excluding hydrogens is 251 g/mol. The summed E-state index contributed by atoms with van der Waals surface area (Å²) in [5, 5.41) is 13.1. The van der Waals surface area contributed by atoms with E-state index in [9.17, 15) is 14.0 Å². The van der Waals surface area contributed by atoms with Gasteiger partial charge in [-0.15, -0.1) is 0 Å². The van der Waals surface area contributed by atoms with Gasteiger partial charge in [-0.1, -0.05) is 11.6 Å². The first-order chi connectivity index (χ1) is 7.88. The summed E-state index contributed by atoms with van der Waals surface area (Å²) in [6.07, 6.45) is 0. The lowest BCUT2D eigenvalue weighted by molar-refractivity contribution is -0.138. The number of amides is 2. The summed E-state index contributed by atoms with van der Waals surface area (Å²) in [6, 6.07) is 1.71. The Labute approximate surface area is 102 Å². The van der Waals surface area contributed by atoms with Gasteiger partial charge in [-0.05, 0) is 25.1 Å². The van der Waals surface area contributed by atoms with E-state index in [1.165, 1.54) is 13.0 Å². The molecule has 0 saturated heterocycles. The Morgan fingerprint density at radius 3 is 2.59 bits per heavy atom. The van der Waals surface area contributed by atoms with Gasteiger partial charge in [0.2, 0.25) is 0 Å². The number of hydrogen-bond donors (Lipinski definition) is 3. The van der Waals surface area contributed by atoms with Crippen molar-refractivity contribution in [1.82, 2.24) is 5.32 Å². The van der Waals surface area contributed by atoms with E-state index < -0.39 is 23.9 Å². The summed E-state index contributed by atoms with van der Waals surface area (Å²) in [4.78, 5) is 21.8. The SMILES string of the molecule is CC(NC(=O)Nc1cc(F)cc(Cl)c1)C(=O)O. The third kappa shape index (κ3) is 4.28. The molecule has 0 saturated carbocycles. The van der Waals surface area contributed by atoms with Crippen molar-refractivity contribution in [2.24, 2.45) is 0 Å². The third-order valence-corrected chi connectivity index (χ3v) is 2.06. The minimum absolute atomic E-state index is 0.131. The summed E-state index contributed by atoms with van der Waals surface area (Å²) in [5.41, 5.74) is 0.144. The molecule has 1 aromatic rings. The molecule has 3 N–H and O–H groups in total. The monoisotopic (exact) mass is 260 g/mol. The zero-order valence-electron chi connectivity index (χ0n) is 8.83. The summed E-state index contributed by atoms with van der Waals surface area (Å²) >= 11 is 5.58. The van der Waals surface area contributed by atoms with Gasteiger partial charge in [0.25, 0.3) is 0 Å². The van der Waals surface area contributed by atoms with Gasteiger partial charge < -0.3 is 15.7 Å². The highest BCUT2D eigenvalue weighted by Crippen LogP contribution is 2.17. The first-order valence-electron chi connectivity index (χ1n) is 4.65. The number of rotatable bonds is 3. The van der Waals surface area contributed by atoms with Crippen LogP contribution in [0.1, 0.15) is 6.92 Å². The maximum atomic E-state index is 12.9. The quantitative estimate of drug-likeness (QED) is 0.778. The highest BCUT2D eigenvalue weighted by Gasteiger charge is 2.13. The number of benzene rings is 1. The predicted octanol–water partition coefficient (Wildman–Crippen LogP) is 2.07. The fourth-order valence-electron chi connectivity index (χ4n) is 1.05. The second kappa shape index (κ2) is 5.49. The Hall–Kier alpha value is -1.82. The Morgan fingerprint density at radius 2 is 2.06 bits per heavy atom. The number of carboxylic acid groups (broad SMARTS) is 1. The maximum Gasteiger partial charge on any atom is 0.325 e. The summed E-state index contributed by atoms with van der Waals surface area (Å²) in [6.45, 7) is 1.31. The summed E-state index contributed by atoms with van der Waals surface area (Å²) < 4.78 is 12.9. The van der Waals surface area contributed by atoms with E-state index in [0.717, 1.165) is 12.1 Å². The number of halogens is 2. The van der Waals surface area contributed by atoms with Crippen molar-refractivity contribution in [3.8, 4) is 0 Å².